The van der Waals surface area contributed by atoms with Gasteiger partial charge in [-0.1, -0.05) is 11.6 Å². The second kappa shape index (κ2) is 2.90. The quantitative estimate of drug-likeness (QED) is 0.644. The third-order valence-corrected chi connectivity index (χ3v) is 1.30. The van der Waals surface area contributed by atoms with E-state index in [0.717, 1.165) is 0 Å². The van der Waals surface area contributed by atoms with Crippen molar-refractivity contribution in [2.45, 2.75) is 6.54 Å². The molecular formula is C7H7ClNO. The summed E-state index contributed by atoms with van der Waals surface area (Å²) < 4.78 is 0. The van der Waals surface area contributed by atoms with Crippen LogP contribution in [-0.4, -0.2) is 5.11 Å². The monoisotopic (exact) mass is 156 g/mol. The molecule has 2 nitrogen and oxygen atoms in total. The van der Waals surface area contributed by atoms with Crippen LogP contribution < -0.4 is 5.73 Å². The number of halogens is 1. The second-order valence-corrected chi connectivity index (χ2v) is 2.32. The molecule has 0 atom stereocenters. The van der Waals surface area contributed by atoms with E-state index in [4.69, 9.17) is 22.4 Å². The molecule has 0 saturated carbocycles. The summed E-state index contributed by atoms with van der Waals surface area (Å²) in [5.74, 6) is 0.129. The Hall–Kier alpha value is -0.730. The zero-order chi connectivity index (χ0) is 7.56. The maximum Gasteiger partial charge on any atom is 0.117 e. The molecule has 0 fully saturated rings. The van der Waals surface area contributed by atoms with Crippen molar-refractivity contribution in [3.05, 3.63) is 28.8 Å². The second-order valence-electron chi connectivity index (χ2n) is 1.92. The number of nitrogens with two attached hydrogens (primary N) is 1. The minimum atomic E-state index is 0.129. The van der Waals surface area contributed by atoms with Crippen LogP contribution in [0.15, 0.2) is 12.1 Å². The molecule has 0 bridgehead atoms. The number of phenols is 1. The molecule has 0 aliphatic carbocycles. The van der Waals surface area contributed by atoms with Crippen LogP contribution in [0.3, 0.4) is 0 Å². The predicted octanol–water partition coefficient (Wildman–Crippen LogP) is 1.30. The van der Waals surface area contributed by atoms with Crippen molar-refractivity contribution in [3.8, 4) is 5.75 Å². The van der Waals surface area contributed by atoms with Gasteiger partial charge in [-0.3, -0.25) is 0 Å². The number of phenolic OH excluding ortho intramolecular Hbond substituents is 1. The molecule has 1 rings (SSSR count). The van der Waals surface area contributed by atoms with E-state index < -0.39 is 0 Å². The summed E-state index contributed by atoms with van der Waals surface area (Å²) >= 11 is 5.56. The lowest BCUT2D eigenvalue weighted by Gasteiger charge is -1.97. The first kappa shape index (κ1) is 7.38. The Morgan fingerprint density at radius 2 is 2.30 bits per heavy atom. The Morgan fingerprint density at radius 1 is 1.60 bits per heavy atom. The highest BCUT2D eigenvalue weighted by Crippen LogP contribution is 2.18. The van der Waals surface area contributed by atoms with Gasteiger partial charge in [0.25, 0.3) is 0 Å². The molecule has 10 heavy (non-hydrogen) atoms. The largest absolute Gasteiger partial charge is 0.508 e. The van der Waals surface area contributed by atoms with Gasteiger partial charge in [-0.05, 0) is 17.7 Å². The van der Waals surface area contributed by atoms with E-state index in [1.54, 1.807) is 0 Å². The van der Waals surface area contributed by atoms with Gasteiger partial charge in [0.05, 0.1) is 5.02 Å². The number of benzene rings is 1. The van der Waals surface area contributed by atoms with Gasteiger partial charge in [0, 0.05) is 12.6 Å². The fourth-order valence-electron chi connectivity index (χ4n) is 0.686. The molecule has 1 radical (unpaired) electrons. The molecule has 3 heteroatoms. The third-order valence-electron chi connectivity index (χ3n) is 1.10. The van der Waals surface area contributed by atoms with Crippen LogP contribution in [0.5, 0.6) is 5.75 Å². The van der Waals surface area contributed by atoms with Crippen LogP contribution in [0.25, 0.3) is 0 Å². The van der Waals surface area contributed by atoms with Crippen LogP contribution in [-0.2, 0) is 6.54 Å². The minimum absolute atomic E-state index is 0.129. The van der Waals surface area contributed by atoms with E-state index in [1.165, 1.54) is 12.1 Å². The van der Waals surface area contributed by atoms with Gasteiger partial charge < -0.3 is 10.8 Å². The molecule has 3 N–H and O–H groups in total. The number of hydrogen-bond donors (Lipinski definition) is 2. The molecular weight excluding hydrogens is 150 g/mol. The van der Waals surface area contributed by atoms with Crippen molar-refractivity contribution < 1.29 is 5.11 Å². The Kier molecular flexibility index (Phi) is 2.14. The zero-order valence-corrected chi connectivity index (χ0v) is 6.02. The molecule has 0 aromatic heterocycles. The summed E-state index contributed by atoms with van der Waals surface area (Å²) in [6.45, 7) is 0.341. The smallest absolute Gasteiger partial charge is 0.117 e. The number of hydrogen-bond acceptors (Lipinski definition) is 2. The lowest BCUT2D eigenvalue weighted by Crippen LogP contribution is -1.95. The standard InChI is InChI=1S/C7H7ClNO/c8-6-1-5(4-9)2-7(10)3-6/h2-3,10H,4,9H2. The van der Waals surface area contributed by atoms with E-state index in [-0.39, 0.29) is 5.75 Å². The highest BCUT2D eigenvalue weighted by Gasteiger charge is 1.95. The van der Waals surface area contributed by atoms with E-state index >= 15 is 0 Å². The minimum Gasteiger partial charge on any atom is -0.508 e. The molecule has 0 aliphatic rings. The summed E-state index contributed by atoms with van der Waals surface area (Å²) in [6, 6.07) is 5.73. The Balaban J connectivity index is 3.06. The van der Waals surface area contributed by atoms with E-state index in [9.17, 15) is 0 Å². The zero-order valence-electron chi connectivity index (χ0n) is 5.26. The van der Waals surface area contributed by atoms with Crippen molar-refractivity contribution in [1.82, 2.24) is 0 Å². The third kappa shape index (κ3) is 1.62. The van der Waals surface area contributed by atoms with Crippen LogP contribution in [0.1, 0.15) is 5.56 Å². The molecule has 1 aromatic rings. The van der Waals surface area contributed by atoms with Gasteiger partial charge in [-0.15, -0.1) is 0 Å². The molecule has 0 spiro atoms. The van der Waals surface area contributed by atoms with Gasteiger partial charge in [-0.2, -0.15) is 0 Å². The summed E-state index contributed by atoms with van der Waals surface area (Å²) in [7, 11) is 0. The normalized spacial score (nSPS) is 9.80. The van der Waals surface area contributed by atoms with Gasteiger partial charge in [0.15, 0.2) is 0 Å². The van der Waals surface area contributed by atoms with Crippen molar-refractivity contribution in [1.29, 1.82) is 0 Å². The summed E-state index contributed by atoms with van der Waals surface area (Å²) in [5.41, 5.74) is 6.00. The first-order valence-corrected chi connectivity index (χ1v) is 3.21. The van der Waals surface area contributed by atoms with Crippen LogP contribution in [0.4, 0.5) is 0 Å². The van der Waals surface area contributed by atoms with Gasteiger partial charge >= 0.3 is 0 Å². The lowest BCUT2D eigenvalue weighted by atomic mass is 10.2. The fourth-order valence-corrected chi connectivity index (χ4v) is 0.919. The number of aromatic hydroxyl groups is 1. The molecule has 0 heterocycles. The van der Waals surface area contributed by atoms with Gasteiger partial charge in [0.2, 0.25) is 0 Å². The van der Waals surface area contributed by atoms with Crippen LogP contribution >= 0.6 is 11.6 Å². The molecule has 53 valence electrons. The van der Waals surface area contributed by atoms with Crippen molar-refractivity contribution in [3.63, 3.8) is 0 Å². The van der Waals surface area contributed by atoms with E-state index in [0.29, 0.717) is 17.1 Å². The predicted molar refractivity (Wildman–Crippen MR) is 39.8 cm³/mol. The molecule has 0 saturated heterocycles. The topological polar surface area (TPSA) is 46.2 Å². The molecule has 1 aromatic carbocycles. The lowest BCUT2D eigenvalue weighted by molar-refractivity contribution is 0.474. The van der Waals surface area contributed by atoms with Crippen molar-refractivity contribution in [2.75, 3.05) is 0 Å². The highest BCUT2D eigenvalue weighted by molar-refractivity contribution is 6.30. The van der Waals surface area contributed by atoms with Crippen LogP contribution in [0, 0.1) is 6.07 Å². The highest BCUT2D eigenvalue weighted by atomic mass is 35.5. The Labute approximate surface area is 64.2 Å². The number of rotatable bonds is 1. The average Bonchev–Trinajstić information content (AvgIpc) is 1.85. The van der Waals surface area contributed by atoms with Crippen molar-refractivity contribution in [2.24, 2.45) is 5.73 Å². The van der Waals surface area contributed by atoms with Crippen LogP contribution in [0.2, 0.25) is 5.02 Å². The molecule has 0 amide bonds. The fraction of sp³-hybridized carbons (Fsp3) is 0.143. The first-order chi connectivity index (χ1) is 4.72. The maximum atomic E-state index is 8.96. The average molecular weight is 157 g/mol. The molecule has 0 unspecified atom stereocenters. The van der Waals surface area contributed by atoms with E-state index in [1.807, 2.05) is 0 Å². The van der Waals surface area contributed by atoms with Gasteiger partial charge in [0.1, 0.15) is 5.75 Å². The first-order valence-electron chi connectivity index (χ1n) is 2.83. The summed E-state index contributed by atoms with van der Waals surface area (Å²) in [4.78, 5) is 0. The van der Waals surface area contributed by atoms with Gasteiger partial charge in [-0.25, -0.2) is 0 Å². The summed E-state index contributed by atoms with van der Waals surface area (Å²) in [5, 5.41) is 9.35. The summed E-state index contributed by atoms with van der Waals surface area (Å²) in [6.07, 6.45) is 0. The Bertz CT molecular complexity index is 217. The Morgan fingerprint density at radius 3 is 2.80 bits per heavy atom. The molecule has 0 aliphatic heterocycles. The van der Waals surface area contributed by atoms with Crippen molar-refractivity contribution >= 4 is 11.6 Å². The SMILES string of the molecule is NCc1[c]c(Cl)cc(O)c1. The van der Waals surface area contributed by atoms with E-state index in [2.05, 4.69) is 6.07 Å². The maximum absolute atomic E-state index is 8.96.